The van der Waals surface area contributed by atoms with E-state index in [1.165, 1.54) is 0 Å². The van der Waals surface area contributed by atoms with Crippen LogP contribution in [0.4, 0.5) is 0 Å². The van der Waals surface area contributed by atoms with Crippen LogP contribution in [0.2, 0.25) is 0 Å². The molecule has 0 spiro atoms. The summed E-state index contributed by atoms with van der Waals surface area (Å²) in [6.07, 6.45) is 4.89. The zero-order chi connectivity index (χ0) is 19.2. The Bertz CT molecular complexity index is 747. The molecule has 6 heteroatoms. The largest absolute Gasteiger partial charge is 0.353 e. The van der Waals surface area contributed by atoms with Gasteiger partial charge in [-0.25, -0.2) is 0 Å². The summed E-state index contributed by atoms with van der Waals surface area (Å²) in [4.78, 5) is 28.7. The summed E-state index contributed by atoms with van der Waals surface area (Å²) in [5, 5.41) is 2.99. The van der Waals surface area contributed by atoms with Crippen molar-refractivity contribution < 1.29 is 9.59 Å². The highest BCUT2D eigenvalue weighted by Crippen LogP contribution is 2.13. The molecule has 6 nitrogen and oxygen atoms in total. The molecule has 2 amide bonds. The lowest BCUT2D eigenvalue weighted by Crippen LogP contribution is -2.51. The van der Waals surface area contributed by atoms with Gasteiger partial charge in [-0.3, -0.25) is 14.5 Å². The zero-order valence-electron chi connectivity index (χ0n) is 16.1. The predicted octanol–water partition coefficient (Wildman–Crippen LogP) is 2.15. The molecule has 1 fully saturated rings. The van der Waals surface area contributed by atoms with Gasteiger partial charge in [-0.05, 0) is 49.7 Å². The summed E-state index contributed by atoms with van der Waals surface area (Å²) in [7, 11) is 0. The minimum Gasteiger partial charge on any atom is -0.353 e. The molecule has 3 rings (SSSR count). The van der Waals surface area contributed by atoms with Crippen molar-refractivity contribution in [1.82, 2.24) is 19.7 Å². The van der Waals surface area contributed by atoms with Crippen LogP contribution in [0.25, 0.3) is 5.69 Å². The average molecular weight is 368 g/mol. The fourth-order valence-corrected chi connectivity index (χ4v) is 3.20. The maximum absolute atomic E-state index is 12.7. The predicted molar refractivity (Wildman–Crippen MR) is 106 cm³/mol. The number of hydrogen-bond acceptors (Lipinski definition) is 3. The molecule has 2 aromatic rings. The lowest BCUT2D eigenvalue weighted by Gasteiger charge is -2.34. The summed E-state index contributed by atoms with van der Waals surface area (Å²) < 4.78 is 2.01. The Labute approximate surface area is 160 Å². The molecule has 0 saturated carbocycles. The Morgan fingerprint density at radius 1 is 1.04 bits per heavy atom. The Morgan fingerprint density at radius 3 is 2.26 bits per heavy atom. The van der Waals surface area contributed by atoms with Gasteiger partial charge >= 0.3 is 0 Å². The highest BCUT2D eigenvalue weighted by atomic mass is 16.2. The second kappa shape index (κ2) is 8.86. The van der Waals surface area contributed by atoms with Crippen LogP contribution >= 0.6 is 0 Å². The van der Waals surface area contributed by atoms with Gasteiger partial charge in [0.05, 0.1) is 6.54 Å². The summed E-state index contributed by atoms with van der Waals surface area (Å²) in [5.74, 6) is 0.113. The van der Waals surface area contributed by atoms with E-state index >= 15 is 0 Å². The molecule has 0 bridgehead atoms. The number of carbonyl (C=O) groups is 2. The second-order valence-electron chi connectivity index (χ2n) is 7.08. The van der Waals surface area contributed by atoms with Crippen molar-refractivity contribution in [2.45, 2.75) is 26.3 Å². The van der Waals surface area contributed by atoms with Gasteiger partial charge in [0, 0.05) is 55.9 Å². The molecule has 144 valence electrons. The first kappa shape index (κ1) is 19.2. The maximum atomic E-state index is 12.7. The van der Waals surface area contributed by atoms with Crippen molar-refractivity contribution in [2.24, 2.45) is 0 Å². The van der Waals surface area contributed by atoms with E-state index in [1.807, 2.05) is 65.2 Å². The van der Waals surface area contributed by atoms with Crippen LogP contribution in [-0.2, 0) is 4.79 Å². The van der Waals surface area contributed by atoms with Crippen molar-refractivity contribution >= 4 is 11.8 Å². The van der Waals surface area contributed by atoms with E-state index in [1.54, 1.807) is 0 Å². The zero-order valence-corrected chi connectivity index (χ0v) is 16.1. The van der Waals surface area contributed by atoms with Crippen LogP contribution in [0, 0.1) is 0 Å². The molecule has 1 saturated heterocycles. The molecule has 1 N–H and O–H groups in total. The highest BCUT2D eigenvalue weighted by molar-refractivity contribution is 5.94. The van der Waals surface area contributed by atoms with Crippen molar-refractivity contribution in [3.63, 3.8) is 0 Å². The van der Waals surface area contributed by atoms with Crippen LogP contribution in [-0.4, -0.2) is 64.9 Å². The third kappa shape index (κ3) is 4.98. The van der Waals surface area contributed by atoms with Gasteiger partial charge in [-0.15, -0.1) is 0 Å². The third-order valence-corrected chi connectivity index (χ3v) is 5.06. The molecular weight excluding hydrogens is 340 g/mol. The first-order valence-electron chi connectivity index (χ1n) is 9.61. The number of rotatable bonds is 6. The Hall–Kier alpha value is -2.60. The maximum Gasteiger partial charge on any atom is 0.253 e. The SMILES string of the molecule is CCC(C)NC(=O)CN1CCN(C(=O)c2ccc(-n3cccc3)cc2)CC1. The van der Waals surface area contributed by atoms with Gasteiger partial charge in [0.15, 0.2) is 0 Å². The quantitative estimate of drug-likeness (QED) is 0.850. The normalized spacial score (nSPS) is 16.1. The van der Waals surface area contributed by atoms with Gasteiger partial charge in [0.2, 0.25) is 5.91 Å². The van der Waals surface area contributed by atoms with Crippen LogP contribution in [0.15, 0.2) is 48.8 Å². The van der Waals surface area contributed by atoms with E-state index in [0.717, 1.165) is 25.2 Å². The third-order valence-electron chi connectivity index (χ3n) is 5.06. The van der Waals surface area contributed by atoms with E-state index < -0.39 is 0 Å². The van der Waals surface area contributed by atoms with E-state index in [0.29, 0.717) is 25.2 Å². The number of benzene rings is 1. The van der Waals surface area contributed by atoms with E-state index in [-0.39, 0.29) is 17.9 Å². The van der Waals surface area contributed by atoms with Crippen molar-refractivity contribution in [2.75, 3.05) is 32.7 Å². The number of amides is 2. The van der Waals surface area contributed by atoms with Gasteiger partial charge in [0.1, 0.15) is 0 Å². The first-order chi connectivity index (χ1) is 13.1. The molecule has 1 unspecified atom stereocenters. The fourth-order valence-electron chi connectivity index (χ4n) is 3.20. The number of carbonyl (C=O) groups excluding carboxylic acids is 2. The van der Waals surface area contributed by atoms with Crippen LogP contribution < -0.4 is 5.32 Å². The number of nitrogens with zero attached hydrogens (tertiary/aromatic N) is 3. The summed E-state index contributed by atoms with van der Waals surface area (Å²) in [5.41, 5.74) is 1.74. The molecule has 1 aliphatic heterocycles. The molecule has 27 heavy (non-hydrogen) atoms. The molecule has 1 aromatic heterocycles. The molecule has 1 aromatic carbocycles. The van der Waals surface area contributed by atoms with Gasteiger partial charge in [-0.1, -0.05) is 6.92 Å². The standard InChI is InChI=1S/C21H28N4O2/c1-3-17(2)22-20(26)16-23-12-14-25(15-13-23)21(27)18-6-8-19(9-7-18)24-10-4-5-11-24/h4-11,17H,3,12-16H2,1-2H3,(H,22,26). The molecule has 1 atom stereocenters. The lowest BCUT2D eigenvalue weighted by atomic mass is 10.1. The number of piperazine rings is 1. The molecule has 0 radical (unpaired) electrons. The van der Waals surface area contributed by atoms with Crippen molar-refractivity contribution in [3.8, 4) is 5.69 Å². The molecule has 1 aliphatic rings. The number of hydrogen-bond donors (Lipinski definition) is 1. The minimum absolute atomic E-state index is 0.0535. The number of nitrogens with one attached hydrogen (secondary N) is 1. The summed E-state index contributed by atoms with van der Waals surface area (Å²) >= 11 is 0. The highest BCUT2D eigenvalue weighted by Gasteiger charge is 2.23. The first-order valence-corrected chi connectivity index (χ1v) is 9.61. The van der Waals surface area contributed by atoms with Gasteiger partial charge in [0.25, 0.3) is 5.91 Å². The molecule has 0 aliphatic carbocycles. The van der Waals surface area contributed by atoms with E-state index in [9.17, 15) is 9.59 Å². The smallest absolute Gasteiger partial charge is 0.253 e. The van der Waals surface area contributed by atoms with Crippen molar-refractivity contribution in [1.29, 1.82) is 0 Å². The molecule has 2 heterocycles. The Morgan fingerprint density at radius 2 is 1.67 bits per heavy atom. The average Bonchev–Trinajstić information content (AvgIpc) is 3.23. The van der Waals surface area contributed by atoms with Crippen LogP contribution in [0.1, 0.15) is 30.6 Å². The summed E-state index contributed by atoms with van der Waals surface area (Å²) in [6, 6.07) is 11.8. The van der Waals surface area contributed by atoms with Gasteiger partial charge in [-0.2, -0.15) is 0 Å². The second-order valence-corrected chi connectivity index (χ2v) is 7.08. The van der Waals surface area contributed by atoms with Gasteiger partial charge < -0.3 is 14.8 Å². The minimum atomic E-state index is 0.0535. The van der Waals surface area contributed by atoms with Crippen LogP contribution in [0.3, 0.4) is 0 Å². The topological polar surface area (TPSA) is 57.6 Å². The lowest BCUT2D eigenvalue weighted by molar-refractivity contribution is -0.123. The fraction of sp³-hybridized carbons (Fsp3) is 0.429. The van der Waals surface area contributed by atoms with Crippen LogP contribution in [0.5, 0.6) is 0 Å². The van der Waals surface area contributed by atoms with E-state index in [2.05, 4.69) is 17.1 Å². The summed E-state index contributed by atoms with van der Waals surface area (Å²) in [6.45, 7) is 7.21. The van der Waals surface area contributed by atoms with E-state index in [4.69, 9.17) is 0 Å². The Balaban J connectivity index is 1.50. The number of aromatic nitrogens is 1. The monoisotopic (exact) mass is 368 g/mol. The van der Waals surface area contributed by atoms with Crippen molar-refractivity contribution in [3.05, 3.63) is 54.4 Å². The molecular formula is C21H28N4O2. The Kier molecular flexibility index (Phi) is 6.29.